The standard InChI is InChI=1S/C18H21NO4S/c1-22-14-6-3-5-13(16(14)23-2)17(20)19-11-18(21,12-8-9-12)15-7-4-10-24-15/h3-7,10,12,21H,8-9,11H2,1-2H3,(H,19,20)/t18-/m1/s1. The van der Waals surface area contributed by atoms with Gasteiger partial charge in [0.25, 0.3) is 5.91 Å². The van der Waals surface area contributed by atoms with Crippen LogP contribution in [0.15, 0.2) is 35.7 Å². The zero-order chi connectivity index (χ0) is 17.2. The fourth-order valence-corrected chi connectivity index (χ4v) is 3.80. The first-order valence-electron chi connectivity index (χ1n) is 7.85. The van der Waals surface area contributed by atoms with Crippen molar-refractivity contribution in [1.29, 1.82) is 0 Å². The molecule has 1 aromatic heterocycles. The van der Waals surface area contributed by atoms with E-state index in [1.165, 1.54) is 25.6 Å². The molecule has 128 valence electrons. The zero-order valence-electron chi connectivity index (χ0n) is 13.7. The van der Waals surface area contributed by atoms with Gasteiger partial charge in [0.1, 0.15) is 5.60 Å². The molecule has 1 heterocycles. The van der Waals surface area contributed by atoms with Crippen LogP contribution in [0.5, 0.6) is 11.5 Å². The summed E-state index contributed by atoms with van der Waals surface area (Å²) in [4.78, 5) is 13.5. The van der Waals surface area contributed by atoms with E-state index in [4.69, 9.17) is 9.47 Å². The average molecular weight is 347 g/mol. The number of rotatable bonds is 7. The summed E-state index contributed by atoms with van der Waals surface area (Å²) >= 11 is 1.51. The quantitative estimate of drug-likeness (QED) is 0.808. The van der Waals surface area contributed by atoms with Crippen molar-refractivity contribution in [2.24, 2.45) is 5.92 Å². The SMILES string of the molecule is COc1cccc(C(=O)NC[C@](O)(c2cccs2)C2CC2)c1OC. The molecule has 0 unspecified atom stereocenters. The van der Waals surface area contributed by atoms with E-state index in [2.05, 4.69) is 5.32 Å². The lowest BCUT2D eigenvalue weighted by atomic mass is 9.95. The largest absolute Gasteiger partial charge is 0.493 e. The van der Waals surface area contributed by atoms with Gasteiger partial charge < -0.3 is 19.9 Å². The highest BCUT2D eigenvalue weighted by Crippen LogP contribution is 2.46. The van der Waals surface area contributed by atoms with Crippen LogP contribution >= 0.6 is 11.3 Å². The lowest BCUT2D eigenvalue weighted by Crippen LogP contribution is -2.42. The molecule has 2 N–H and O–H groups in total. The van der Waals surface area contributed by atoms with Crippen LogP contribution in [0.3, 0.4) is 0 Å². The average Bonchev–Trinajstić information content (AvgIpc) is 3.33. The number of aliphatic hydroxyl groups is 1. The van der Waals surface area contributed by atoms with Gasteiger partial charge in [-0.05, 0) is 42.3 Å². The first-order valence-corrected chi connectivity index (χ1v) is 8.73. The minimum absolute atomic E-state index is 0.178. The van der Waals surface area contributed by atoms with Gasteiger partial charge in [0, 0.05) is 4.88 Å². The van der Waals surface area contributed by atoms with E-state index in [1.54, 1.807) is 18.2 Å². The molecule has 1 amide bonds. The van der Waals surface area contributed by atoms with Gasteiger partial charge >= 0.3 is 0 Å². The number of nitrogens with one attached hydrogen (secondary N) is 1. The predicted octanol–water partition coefficient (Wildman–Crippen LogP) is 2.79. The summed E-state index contributed by atoms with van der Waals surface area (Å²) < 4.78 is 10.5. The molecule has 6 heteroatoms. The number of para-hydroxylation sites is 1. The van der Waals surface area contributed by atoms with Crippen LogP contribution in [0.25, 0.3) is 0 Å². The summed E-state index contributed by atoms with van der Waals surface area (Å²) in [5, 5.41) is 15.9. The topological polar surface area (TPSA) is 67.8 Å². The van der Waals surface area contributed by atoms with E-state index in [0.29, 0.717) is 17.1 Å². The molecule has 2 aromatic rings. The summed E-state index contributed by atoms with van der Waals surface area (Å²) in [6, 6.07) is 8.99. The van der Waals surface area contributed by atoms with Gasteiger partial charge in [-0.15, -0.1) is 11.3 Å². The molecular formula is C18H21NO4S. The molecule has 5 nitrogen and oxygen atoms in total. The molecule has 0 aliphatic heterocycles. The second-order valence-electron chi connectivity index (χ2n) is 5.90. The monoisotopic (exact) mass is 347 g/mol. The second-order valence-corrected chi connectivity index (χ2v) is 6.85. The van der Waals surface area contributed by atoms with Gasteiger partial charge in [-0.25, -0.2) is 0 Å². The van der Waals surface area contributed by atoms with Crippen molar-refractivity contribution in [1.82, 2.24) is 5.32 Å². The Balaban J connectivity index is 1.78. The van der Waals surface area contributed by atoms with Crippen LogP contribution in [0.2, 0.25) is 0 Å². The molecule has 1 aromatic carbocycles. The number of carbonyl (C=O) groups is 1. The minimum Gasteiger partial charge on any atom is -0.493 e. The fraction of sp³-hybridized carbons (Fsp3) is 0.389. The molecule has 24 heavy (non-hydrogen) atoms. The van der Waals surface area contributed by atoms with Crippen molar-refractivity contribution < 1.29 is 19.4 Å². The number of benzene rings is 1. The number of carbonyl (C=O) groups excluding carboxylic acids is 1. The van der Waals surface area contributed by atoms with Gasteiger partial charge in [-0.1, -0.05) is 12.1 Å². The minimum atomic E-state index is -1.00. The Morgan fingerprint density at radius 3 is 2.67 bits per heavy atom. The number of ether oxygens (including phenoxy) is 2. The maximum Gasteiger partial charge on any atom is 0.255 e. The number of hydrogen-bond acceptors (Lipinski definition) is 5. The fourth-order valence-electron chi connectivity index (χ4n) is 2.89. The molecule has 0 spiro atoms. The van der Waals surface area contributed by atoms with Gasteiger partial charge in [-0.2, -0.15) is 0 Å². The normalized spacial score (nSPS) is 16.3. The number of thiophene rings is 1. The van der Waals surface area contributed by atoms with Crippen molar-refractivity contribution >= 4 is 17.2 Å². The van der Waals surface area contributed by atoms with Crippen LogP contribution in [-0.2, 0) is 5.60 Å². The highest BCUT2D eigenvalue weighted by molar-refractivity contribution is 7.10. The van der Waals surface area contributed by atoms with E-state index in [-0.39, 0.29) is 18.4 Å². The number of amides is 1. The van der Waals surface area contributed by atoms with Crippen LogP contribution in [0.4, 0.5) is 0 Å². The Morgan fingerprint density at radius 1 is 1.29 bits per heavy atom. The highest BCUT2D eigenvalue weighted by Gasteiger charge is 2.46. The summed E-state index contributed by atoms with van der Waals surface area (Å²) in [5.74, 6) is 0.800. The van der Waals surface area contributed by atoms with Crippen LogP contribution in [0.1, 0.15) is 28.1 Å². The Morgan fingerprint density at radius 2 is 2.08 bits per heavy atom. The molecule has 1 aliphatic carbocycles. The third-order valence-corrected chi connectivity index (χ3v) is 5.40. The Labute approximate surface area is 145 Å². The molecular weight excluding hydrogens is 326 g/mol. The summed E-state index contributed by atoms with van der Waals surface area (Å²) in [6.07, 6.45) is 1.96. The lowest BCUT2D eigenvalue weighted by Gasteiger charge is -2.27. The predicted molar refractivity (Wildman–Crippen MR) is 92.8 cm³/mol. The third kappa shape index (κ3) is 3.12. The maximum absolute atomic E-state index is 12.6. The van der Waals surface area contributed by atoms with Crippen molar-refractivity contribution in [2.75, 3.05) is 20.8 Å². The third-order valence-electron chi connectivity index (χ3n) is 4.37. The number of methoxy groups -OCH3 is 2. The maximum atomic E-state index is 12.6. The summed E-state index contributed by atoms with van der Waals surface area (Å²) in [6.45, 7) is 0.178. The van der Waals surface area contributed by atoms with Gasteiger partial charge in [0.2, 0.25) is 0 Å². The first kappa shape index (κ1) is 16.8. The molecule has 3 rings (SSSR count). The van der Waals surface area contributed by atoms with Crippen LogP contribution in [0, 0.1) is 5.92 Å². The smallest absolute Gasteiger partial charge is 0.255 e. The van der Waals surface area contributed by atoms with E-state index < -0.39 is 5.60 Å². The zero-order valence-corrected chi connectivity index (χ0v) is 14.6. The molecule has 0 bridgehead atoms. The van der Waals surface area contributed by atoms with Gasteiger partial charge in [-0.3, -0.25) is 4.79 Å². The lowest BCUT2D eigenvalue weighted by molar-refractivity contribution is 0.0169. The number of hydrogen-bond donors (Lipinski definition) is 2. The van der Waals surface area contributed by atoms with Gasteiger partial charge in [0.15, 0.2) is 11.5 Å². The van der Waals surface area contributed by atoms with Crippen molar-refractivity contribution in [3.8, 4) is 11.5 Å². The summed E-state index contributed by atoms with van der Waals surface area (Å²) in [7, 11) is 3.03. The van der Waals surface area contributed by atoms with Crippen LogP contribution < -0.4 is 14.8 Å². The highest BCUT2D eigenvalue weighted by atomic mass is 32.1. The van der Waals surface area contributed by atoms with E-state index >= 15 is 0 Å². The van der Waals surface area contributed by atoms with Crippen LogP contribution in [-0.4, -0.2) is 31.8 Å². The van der Waals surface area contributed by atoms with Crippen molar-refractivity contribution in [2.45, 2.75) is 18.4 Å². The van der Waals surface area contributed by atoms with E-state index in [0.717, 1.165) is 17.7 Å². The van der Waals surface area contributed by atoms with E-state index in [1.807, 2.05) is 17.5 Å². The molecule has 0 saturated heterocycles. The molecule has 1 saturated carbocycles. The Bertz CT molecular complexity index is 712. The molecule has 1 atom stereocenters. The Kier molecular flexibility index (Phi) is 4.78. The van der Waals surface area contributed by atoms with Crippen molar-refractivity contribution in [3.05, 3.63) is 46.2 Å². The molecule has 1 aliphatic rings. The van der Waals surface area contributed by atoms with Gasteiger partial charge in [0.05, 0.1) is 26.3 Å². The summed E-state index contributed by atoms with van der Waals surface area (Å²) in [5.41, 5.74) is -0.614. The second kappa shape index (κ2) is 6.83. The Hall–Kier alpha value is -2.05. The molecule has 1 fully saturated rings. The first-order chi connectivity index (χ1) is 11.6. The van der Waals surface area contributed by atoms with Crippen molar-refractivity contribution in [3.63, 3.8) is 0 Å². The van der Waals surface area contributed by atoms with E-state index in [9.17, 15) is 9.90 Å². The molecule has 0 radical (unpaired) electrons.